The fourth-order valence-corrected chi connectivity index (χ4v) is 5.46. The summed E-state index contributed by atoms with van der Waals surface area (Å²) in [6, 6.07) is 12.7. The van der Waals surface area contributed by atoms with Gasteiger partial charge in [0, 0.05) is 55.0 Å². The van der Waals surface area contributed by atoms with E-state index >= 15 is 0 Å². The number of nitrogens with one attached hydrogen (secondary N) is 4. The first-order chi connectivity index (χ1) is 20.3. The molecule has 4 aromatic rings. The van der Waals surface area contributed by atoms with Gasteiger partial charge in [0.05, 0.1) is 47.8 Å². The third-order valence-corrected chi connectivity index (χ3v) is 7.47. The van der Waals surface area contributed by atoms with Gasteiger partial charge in [0.25, 0.3) is 0 Å². The summed E-state index contributed by atoms with van der Waals surface area (Å²) in [7, 11) is 0. The molecule has 0 saturated carbocycles. The number of hydrogen-bond donors (Lipinski definition) is 4. The lowest BCUT2D eigenvalue weighted by Gasteiger charge is -2.26. The van der Waals surface area contributed by atoms with E-state index in [0.29, 0.717) is 12.0 Å². The van der Waals surface area contributed by atoms with Crippen molar-refractivity contribution in [2.45, 2.75) is 59.7 Å². The van der Waals surface area contributed by atoms with E-state index in [1.54, 1.807) is 0 Å². The number of rotatable bonds is 10. The number of morpholine rings is 1. The quantitative estimate of drug-likeness (QED) is 0.161. The third kappa shape index (κ3) is 6.05. The molecule has 1 aliphatic carbocycles. The second kappa shape index (κ2) is 12.0. The molecule has 0 unspecified atom stereocenters. The van der Waals surface area contributed by atoms with Crippen LogP contribution in [0, 0.1) is 6.92 Å². The summed E-state index contributed by atoms with van der Waals surface area (Å²) in [5, 5.41) is 18.5. The molecule has 0 spiro atoms. The van der Waals surface area contributed by atoms with Crippen LogP contribution >= 0.6 is 0 Å². The fourth-order valence-electron chi connectivity index (χ4n) is 5.46. The third-order valence-electron chi connectivity index (χ3n) is 7.47. The van der Waals surface area contributed by atoms with Crippen molar-refractivity contribution in [2.24, 2.45) is 0 Å². The summed E-state index contributed by atoms with van der Waals surface area (Å²) in [5.41, 5.74) is 9.50. The Kier molecular flexibility index (Phi) is 7.99. The van der Waals surface area contributed by atoms with E-state index in [4.69, 9.17) is 19.6 Å². The maximum absolute atomic E-state index is 6.28. The first-order valence-corrected chi connectivity index (χ1v) is 14.8. The Morgan fingerprint density at radius 1 is 1.02 bits per heavy atom. The van der Waals surface area contributed by atoms with Crippen LogP contribution in [0.3, 0.4) is 0 Å². The summed E-state index contributed by atoms with van der Waals surface area (Å²) in [6.07, 6.45) is 2.67. The normalized spacial score (nSPS) is 14.6. The minimum absolute atomic E-state index is 0.0146. The first-order valence-electron chi connectivity index (χ1n) is 14.8. The van der Waals surface area contributed by atoms with Gasteiger partial charge in [-0.15, -0.1) is 0 Å². The lowest BCUT2D eigenvalue weighted by molar-refractivity contribution is 0.0335. The molecule has 2 aliphatic rings. The van der Waals surface area contributed by atoms with E-state index < -0.39 is 0 Å². The SMILES string of the molecule is Cc1cnc(Nc2cc3c(cc2OC(C)C)Cc2c-3n[nH]c2CN2CCOCC2)nc1Nc1ccccc1NC(C)C. The highest BCUT2D eigenvalue weighted by molar-refractivity contribution is 5.81. The van der Waals surface area contributed by atoms with Gasteiger partial charge >= 0.3 is 0 Å². The first kappa shape index (κ1) is 28.0. The molecule has 3 heterocycles. The van der Waals surface area contributed by atoms with E-state index in [-0.39, 0.29) is 6.10 Å². The van der Waals surface area contributed by atoms with Crippen molar-refractivity contribution in [3.05, 3.63) is 65.0 Å². The van der Waals surface area contributed by atoms with Crippen molar-refractivity contribution in [3.8, 4) is 17.0 Å². The van der Waals surface area contributed by atoms with Crippen molar-refractivity contribution in [1.29, 1.82) is 0 Å². The predicted molar refractivity (Wildman–Crippen MR) is 167 cm³/mol. The molecule has 2 aromatic carbocycles. The minimum Gasteiger partial charge on any atom is -0.489 e. The van der Waals surface area contributed by atoms with E-state index in [1.807, 2.05) is 45.2 Å². The summed E-state index contributed by atoms with van der Waals surface area (Å²) < 4.78 is 11.8. The number of nitrogens with zero attached hydrogens (tertiary/aromatic N) is 4. The van der Waals surface area contributed by atoms with Crippen LogP contribution < -0.4 is 20.7 Å². The Morgan fingerprint density at radius 2 is 1.81 bits per heavy atom. The lowest BCUT2D eigenvalue weighted by atomic mass is 10.1. The molecule has 0 bridgehead atoms. The minimum atomic E-state index is 0.0146. The van der Waals surface area contributed by atoms with Crippen LogP contribution in [-0.2, 0) is 17.7 Å². The van der Waals surface area contributed by atoms with Gasteiger partial charge in [-0.1, -0.05) is 12.1 Å². The number of benzene rings is 2. The highest BCUT2D eigenvalue weighted by Gasteiger charge is 2.28. The van der Waals surface area contributed by atoms with E-state index in [1.165, 1.54) is 16.8 Å². The maximum Gasteiger partial charge on any atom is 0.229 e. The van der Waals surface area contributed by atoms with Gasteiger partial charge in [-0.3, -0.25) is 10.00 Å². The Hall–Kier alpha value is -4.15. The topological polar surface area (TPSA) is 112 Å². The number of H-pyrrole nitrogens is 1. The van der Waals surface area contributed by atoms with Crippen LogP contribution in [0.25, 0.3) is 11.3 Å². The van der Waals surface area contributed by atoms with Crippen LogP contribution in [0.1, 0.15) is 50.1 Å². The van der Waals surface area contributed by atoms with Crippen molar-refractivity contribution in [3.63, 3.8) is 0 Å². The standard InChI is InChI=1S/C32H40N8O2/c1-19(2)34-25-8-6-7-9-26(25)35-31-21(5)17-33-32(37-31)36-27-16-23-22(15-29(27)42-20(3)4)14-24-28(38-39-30(23)24)18-40-10-12-41-13-11-40/h6-9,15-17,19-20,34H,10-14,18H2,1-5H3,(H,38,39)(H2,33,35,36,37). The molecule has 2 aromatic heterocycles. The molecule has 1 fully saturated rings. The Labute approximate surface area is 247 Å². The number of ether oxygens (including phenoxy) is 2. The van der Waals surface area contributed by atoms with Gasteiger partial charge in [0.15, 0.2) is 0 Å². The van der Waals surface area contributed by atoms with Crippen LogP contribution in [-0.4, -0.2) is 63.5 Å². The zero-order valence-corrected chi connectivity index (χ0v) is 25.0. The number of aromatic nitrogens is 4. The van der Waals surface area contributed by atoms with Crippen LogP contribution in [0.2, 0.25) is 0 Å². The molecule has 4 N–H and O–H groups in total. The second-order valence-electron chi connectivity index (χ2n) is 11.6. The molecule has 42 heavy (non-hydrogen) atoms. The fraction of sp³-hybridized carbons (Fsp3) is 0.406. The number of anilines is 5. The highest BCUT2D eigenvalue weighted by Crippen LogP contribution is 2.43. The number of fused-ring (bicyclic) bond motifs is 3. The van der Waals surface area contributed by atoms with Gasteiger partial charge < -0.3 is 25.4 Å². The van der Waals surface area contributed by atoms with E-state index in [2.05, 4.69) is 63.0 Å². The molecule has 0 radical (unpaired) electrons. The molecule has 1 saturated heterocycles. The molecule has 10 nitrogen and oxygen atoms in total. The maximum atomic E-state index is 6.28. The lowest BCUT2D eigenvalue weighted by Crippen LogP contribution is -2.35. The second-order valence-corrected chi connectivity index (χ2v) is 11.6. The number of aromatic amines is 1. The van der Waals surface area contributed by atoms with Crippen molar-refractivity contribution in [2.75, 3.05) is 42.3 Å². The summed E-state index contributed by atoms with van der Waals surface area (Å²) >= 11 is 0. The van der Waals surface area contributed by atoms with Gasteiger partial charge in [0.2, 0.25) is 5.95 Å². The molecule has 220 valence electrons. The molecule has 1 aliphatic heterocycles. The summed E-state index contributed by atoms with van der Waals surface area (Å²) in [4.78, 5) is 11.9. The largest absolute Gasteiger partial charge is 0.489 e. The smallest absolute Gasteiger partial charge is 0.229 e. The number of para-hydroxylation sites is 2. The van der Waals surface area contributed by atoms with E-state index in [0.717, 1.165) is 84.7 Å². The average Bonchev–Trinajstić information content (AvgIpc) is 3.51. The summed E-state index contributed by atoms with van der Waals surface area (Å²) in [6.45, 7) is 14.6. The average molecular weight is 569 g/mol. The van der Waals surface area contributed by atoms with E-state index in [9.17, 15) is 0 Å². The molecule has 10 heteroatoms. The van der Waals surface area contributed by atoms with Crippen molar-refractivity contribution in [1.82, 2.24) is 25.1 Å². The van der Waals surface area contributed by atoms with Gasteiger partial charge in [-0.2, -0.15) is 10.1 Å². The zero-order valence-electron chi connectivity index (χ0n) is 25.0. The Balaban J connectivity index is 1.28. The van der Waals surface area contributed by atoms with Crippen molar-refractivity contribution >= 4 is 28.8 Å². The Bertz CT molecular complexity index is 1560. The molecule has 0 amide bonds. The zero-order chi connectivity index (χ0) is 29.2. The van der Waals surface area contributed by atoms with Crippen LogP contribution in [0.5, 0.6) is 5.75 Å². The van der Waals surface area contributed by atoms with Crippen molar-refractivity contribution < 1.29 is 9.47 Å². The predicted octanol–water partition coefficient (Wildman–Crippen LogP) is 6.01. The highest BCUT2D eigenvalue weighted by atomic mass is 16.5. The van der Waals surface area contributed by atoms with Crippen LogP contribution in [0.4, 0.5) is 28.8 Å². The van der Waals surface area contributed by atoms with Gasteiger partial charge in [0.1, 0.15) is 11.6 Å². The molecular formula is C32H40N8O2. The molecular weight excluding hydrogens is 528 g/mol. The number of aryl methyl sites for hydroxylation is 1. The monoisotopic (exact) mass is 568 g/mol. The van der Waals surface area contributed by atoms with Gasteiger partial charge in [-0.25, -0.2) is 4.98 Å². The summed E-state index contributed by atoms with van der Waals surface area (Å²) in [5.74, 6) is 2.00. The van der Waals surface area contributed by atoms with Gasteiger partial charge in [-0.05, 0) is 64.4 Å². The van der Waals surface area contributed by atoms with Crippen LogP contribution in [0.15, 0.2) is 42.6 Å². The number of hydrogen-bond acceptors (Lipinski definition) is 9. The molecule has 6 rings (SSSR count). The Morgan fingerprint density at radius 3 is 2.57 bits per heavy atom. The molecule has 0 atom stereocenters.